The van der Waals surface area contributed by atoms with Crippen molar-refractivity contribution in [3.8, 4) is 0 Å². The first-order chi connectivity index (χ1) is 40.0. The Hall–Kier alpha value is -6.27. The highest BCUT2D eigenvalue weighted by atomic mass is 16.6. The highest BCUT2D eigenvalue weighted by molar-refractivity contribution is 5.71. The van der Waals surface area contributed by atoms with Gasteiger partial charge >= 0.3 is 17.9 Å². The van der Waals surface area contributed by atoms with Crippen molar-refractivity contribution in [3.05, 3.63) is 219 Å². The van der Waals surface area contributed by atoms with Gasteiger partial charge in [-0.05, 0) is 161 Å². The molecule has 6 heteroatoms. The number of rotatable bonds is 53. The zero-order chi connectivity index (χ0) is 58.5. The minimum Gasteiger partial charge on any atom is -0.462 e. The molecule has 81 heavy (non-hydrogen) atoms. The number of hydrogen-bond donors (Lipinski definition) is 0. The van der Waals surface area contributed by atoms with Gasteiger partial charge in [0.2, 0.25) is 0 Å². The molecule has 0 N–H and O–H groups in total. The third-order valence-corrected chi connectivity index (χ3v) is 12.0. The van der Waals surface area contributed by atoms with Crippen LogP contribution in [0.1, 0.15) is 213 Å². The molecule has 0 aliphatic heterocycles. The lowest BCUT2D eigenvalue weighted by Gasteiger charge is -2.18. The molecule has 0 aromatic heterocycles. The summed E-state index contributed by atoms with van der Waals surface area (Å²) in [5, 5.41) is 0. The monoisotopic (exact) mass is 1110 g/mol. The molecule has 0 fully saturated rings. The van der Waals surface area contributed by atoms with Crippen LogP contribution in [0.5, 0.6) is 0 Å². The van der Waals surface area contributed by atoms with Gasteiger partial charge in [-0.1, -0.05) is 252 Å². The lowest BCUT2D eigenvalue weighted by molar-refractivity contribution is -0.166. The second kappa shape index (κ2) is 66.2. The number of unbranched alkanes of at least 4 members (excludes halogenated alkanes) is 6. The van der Waals surface area contributed by atoms with E-state index >= 15 is 0 Å². The van der Waals surface area contributed by atoms with Gasteiger partial charge in [-0.25, -0.2) is 0 Å². The van der Waals surface area contributed by atoms with Crippen LogP contribution in [-0.4, -0.2) is 37.2 Å². The summed E-state index contributed by atoms with van der Waals surface area (Å²) in [6.45, 7) is 6.15. The van der Waals surface area contributed by atoms with Crippen molar-refractivity contribution in [1.82, 2.24) is 0 Å². The predicted molar refractivity (Wildman–Crippen MR) is 352 cm³/mol. The fourth-order valence-electron chi connectivity index (χ4n) is 7.41. The molecule has 1 atom stereocenters. The maximum atomic E-state index is 12.9. The van der Waals surface area contributed by atoms with Gasteiger partial charge in [0.15, 0.2) is 6.10 Å². The molecule has 0 heterocycles. The molecule has 6 nitrogen and oxygen atoms in total. The van der Waals surface area contributed by atoms with E-state index in [1.165, 1.54) is 0 Å². The SMILES string of the molecule is CC/C=C\C/C=C\C/C=C\C/C=C\C/C=C\C/C=C\C/C=C\C/C=C\CCCCC(=O)OCC(COC(=O)CCCCCC/C=C\C/C=C\C/C=C\C/C=C\CC)OC(=O)CC/C=C\C/C=C\C/C=C\C/C=C\C/C=C\C/C=C\CC. The van der Waals surface area contributed by atoms with E-state index in [1.807, 2.05) is 12.2 Å². The van der Waals surface area contributed by atoms with E-state index in [0.717, 1.165) is 161 Å². The molecule has 0 aliphatic rings. The van der Waals surface area contributed by atoms with E-state index in [1.54, 1.807) is 0 Å². The lowest BCUT2D eigenvalue weighted by atomic mass is 10.1. The molecule has 446 valence electrons. The van der Waals surface area contributed by atoms with Gasteiger partial charge in [-0.15, -0.1) is 0 Å². The minimum absolute atomic E-state index is 0.149. The van der Waals surface area contributed by atoms with E-state index in [4.69, 9.17) is 14.2 Å². The third-order valence-electron chi connectivity index (χ3n) is 12.0. The Labute approximate surface area is 495 Å². The van der Waals surface area contributed by atoms with Crippen molar-refractivity contribution >= 4 is 17.9 Å². The average molecular weight is 1110 g/mol. The first-order valence-electron chi connectivity index (χ1n) is 31.2. The molecular formula is C75H110O6. The quantitative estimate of drug-likeness (QED) is 0.0261. The van der Waals surface area contributed by atoms with Gasteiger partial charge in [0.05, 0.1) is 0 Å². The van der Waals surface area contributed by atoms with Crippen molar-refractivity contribution in [2.75, 3.05) is 13.2 Å². The lowest BCUT2D eigenvalue weighted by Crippen LogP contribution is -2.30. The first kappa shape index (κ1) is 74.7. The van der Waals surface area contributed by atoms with Crippen LogP contribution in [-0.2, 0) is 28.6 Å². The van der Waals surface area contributed by atoms with Crippen LogP contribution in [0, 0.1) is 0 Å². The summed E-state index contributed by atoms with van der Waals surface area (Å²) in [5.41, 5.74) is 0. The number of carbonyl (C=O) groups is 3. The Morgan fingerprint density at radius 2 is 0.469 bits per heavy atom. The van der Waals surface area contributed by atoms with Gasteiger partial charge < -0.3 is 14.2 Å². The van der Waals surface area contributed by atoms with Gasteiger partial charge in [-0.3, -0.25) is 14.4 Å². The van der Waals surface area contributed by atoms with Crippen molar-refractivity contribution < 1.29 is 28.6 Å². The molecule has 0 aromatic rings. The highest BCUT2D eigenvalue weighted by Gasteiger charge is 2.19. The summed E-state index contributed by atoms with van der Waals surface area (Å²) in [4.78, 5) is 38.3. The van der Waals surface area contributed by atoms with Crippen LogP contribution >= 0.6 is 0 Å². The first-order valence-corrected chi connectivity index (χ1v) is 31.2. The number of ether oxygens (including phenoxy) is 3. The zero-order valence-electron chi connectivity index (χ0n) is 50.9. The smallest absolute Gasteiger partial charge is 0.306 e. The van der Waals surface area contributed by atoms with Crippen molar-refractivity contribution in [3.63, 3.8) is 0 Å². The second-order valence-corrected chi connectivity index (χ2v) is 19.5. The fourth-order valence-corrected chi connectivity index (χ4v) is 7.41. The molecule has 0 aromatic carbocycles. The Morgan fingerprint density at radius 1 is 0.247 bits per heavy atom. The Bertz CT molecular complexity index is 2050. The molecule has 0 rings (SSSR count). The van der Waals surface area contributed by atoms with Crippen LogP contribution in [0.2, 0.25) is 0 Å². The predicted octanol–water partition coefficient (Wildman–Crippen LogP) is 21.8. The zero-order valence-corrected chi connectivity index (χ0v) is 50.9. The largest absolute Gasteiger partial charge is 0.462 e. The van der Waals surface area contributed by atoms with Gasteiger partial charge in [0.1, 0.15) is 13.2 Å². The molecule has 0 bridgehead atoms. The van der Waals surface area contributed by atoms with E-state index in [2.05, 4.69) is 227 Å². The van der Waals surface area contributed by atoms with Crippen LogP contribution in [0.3, 0.4) is 0 Å². The maximum absolute atomic E-state index is 12.9. The summed E-state index contributed by atoms with van der Waals surface area (Å²) in [6.07, 6.45) is 104. The molecular weight excluding hydrogens is 997 g/mol. The number of esters is 3. The Kier molecular flexibility index (Phi) is 61.1. The van der Waals surface area contributed by atoms with E-state index in [9.17, 15) is 14.4 Å². The van der Waals surface area contributed by atoms with Crippen molar-refractivity contribution in [1.29, 1.82) is 0 Å². The van der Waals surface area contributed by atoms with Crippen molar-refractivity contribution in [2.45, 2.75) is 219 Å². The maximum Gasteiger partial charge on any atom is 0.306 e. The summed E-state index contributed by atoms with van der Waals surface area (Å²) in [5.74, 6) is -1.12. The normalized spacial score (nSPS) is 13.7. The Balaban J connectivity index is 4.64. The molecule has 0 saturated carbocycles. The second-order valence-electron chi connectivity index (χ2n) is 19.5. The summed E-state index contributed by atoms with van der Waals surface area (Å²) >= 11 is 0. The summed E-state index contributed by atoms with van der Waals surface area (Å²) in [7, 11) is 0. The highest BCUT2D eigenvalue weighted by Crippen LogP contribution is 2.11. The standard InChI is InChI=1S/C75H110O6/c1-4-7-10-13-16-19-22-25-28-31-33-34-35-36-37-38-39-40-42-44-47-50-53-56-59-62-65-68-74(77)80-71-72(70-79-73(76)67-64-61-58-55-52-49-46-43-30-27-24-21-18-15-12-9-6-3)81-75(78)69-66-63-60-57-54-51-48-45-41-32-29-26-23-20-17-14-11-8-5-2/h7-12,16-21,25-30,33-34,36-37,39-41,44-47,49,51,53-54,56,60,63,72H,4-6,13-15,22-24,31-32,35,38,42-43,48,50,52,55,57-59,61-62,64-71H2,1-3H3/b10-7-,11-8-,12-9-,19-16-,20-17-,21-18-,28-25-,29-26-,30-27-,34-33-,37-36-,40-39-,45-41-,47-44-,49-46-,54-51-,56-53-,63-60-. The van der Waals surface area contributed by atoms with Crippen molar-refractivity contribution in [2.24, 2.45) is 0 Å². The molecule has 0 amide bonds. The molecule has 0 spiro atoms. The van der Waals surface area contributed by atoms with Gasteiger partial charge in [0, 0.05) is 19.3 Å². The topological polar surface area (TPSA) is 78.9 Å². The van der Waals surface area contributed by atoms with E-state index in [0.29, 0.717) is 19.3 Å². The third kappa shape index (κ3) is 64.4. The Morgan fingerprint density at radius 3 is 0.753 bits per heavy atom. The summed E-state index contributed by atoms with van der Waals surface area (Å²) < 4.78 is 16.8. The van der Waals surface area contributed by atoms with Gasteiger partial charge in [-0.2, -0.15) is 0 Å². The van der Waals surface area contributed by atoms with Gasteiger partial charge in [0.25, 0.3) is 0 Å². The minimum atomic E-state index is -0.864. The molecule has 0 saturated heterocycles. The fraction of sp³-hybridized carbons (Fsp3) is 0.480. The average Bonchev–Trinajstić information content (AvgIpc) is 3.47. The number of carbonyl (C=O) groups excluding carboxylic acids is 3. The van der Waals surface area contributed by atoms with Crippen LogP contribution < -0.4 is 0 Å². The van der Waals surface area contributed by atoms with Crippen LogP contribution in [0.25, 0.3) is 0 Å². The van der Waals surface area contributed by atoms with E-state index in [-0.39, 0.29) is 38.0 Å². The molecule has 0 radical (unpaired) electrons. The summed E-state index contributed by atoms with van der Waals surface area (Å²) in [6, 6.07) is 0. The molecule has 0 aliphatic carbocycles. The van der Waals surface area contributed by atoms with E-state index < -0.39 is 12.1 Å². The number of allylic oxidation sites excluding steroid dienone is 36. The number of hydrogen-bond acceptors (Lipinski definition) is 6. The van der Waals surface area contributed by atoms with Crippen LogP contribution in [0.15, 0.2) is 219 Å². The van der Waals surface area contributed by atoms with Crippen LogP contribution in [0.4, 0.5) is 0 Å². The molecule has 1 unspecified atom stereocenters.